The zero-order valence-corrected chi connectivity index (χ0v) is 28.1. The Morgan fingerprint density at radius 1 is 0.643 bits per heavy atom. The lowest BCUT2D eigenvalue weighted by Crippen LogP contribution is -2.40. The van der Waals surface area contributed by atoms with Gasteiger partial charge in [0.25, 0.3) is 0 Å². The third kappa shape index (κ3) is 21.1. The molecule has 0 aromatic carbocycles. The van der Waals surface area contributed by atoms with Gasteiger partial charge in [-0.05, 0) is 39.9 Å². The topological polar surface area (TPSA) is 77.5 Å². The molecule has 1 saturated heterocycles. The summed E-state index contributed by atoms with van der Waals surface area (Å²) in [6, 6.07) is 0. The second-order valence-electron chi connectivity index (χ2n) is 12.7. The molecule has 1 aliphatic rings. The molecule has 0 aromatic rings. The molecule has 0 bridgehead atoms. The van der Waals surface area contributed by atoms with Gasteiger partial charge in [-0.25, -0.2) is 0 Å². The van der Waals surface area contributed by atoms with Gasteiger partial charge in [0.15, 0.2) is 6.29 Å². The van der Waals surface area contributed by atoms with Gasteiger partial charge in [0.2, 0.25) is 0 Å². The molecule has 42 heavy (non-hydrogen) atoms. The van der Waals surface area contributed by atoms with Gasteiger partial charge in [0.1, 0.15) is 24.9 Å². The highest BCUT2D eigenvalue weighted by atomic mass is 16.7. The molecule has 7 nitrogen and oxygen atoms in total. The molecule has 1 rings (SSSR count). The van der Waals surface area contributed by atoms with Crippen LogP contribution < -0.4 is 0 Å². The first-order valence-corrected chi connectivity index (χ1v) is 17.9. The summed E-state index contributed by atoms with van der Waals surface area (Å²) in [5.74, 6) is -0.238. The van der Waals surface area contributed by atoms with Crippen LogP contribution >= 0.6 is 0 Å². The predicted octanol–water partition coefficient (Wildman–Crippen LogP) is 8.20. The van der Waals surface area contributed by atoms with Crippen molar-refractivity contribution in [3.8, 4) is 0 Å². The standard InChI is InChI=1S/C35H69NO6/c1-5-7-9-11-13-15-17-19-21-23-28-39-33-31(30-41-32(37)26-25-27-36(3)4)42-35(38)34(33)40-29-24-22-20-18-16-14-12-10-8-6-2/h31,33-35,38H,5-30H2,1-4H3/t31-,33?,34+,35-/m1/s1. The van der Waals surface area contributed by atoms with Gasteiger partial charge in [0, 0.05) is 19.6 Å². The average molecular weight is 600 g/mol. The molecule has 7 heteroatoms. The number of rotatable bonds is 30. The van der Waals surface area contributed by atoms with Gasteiger partial charge in [0.05, 0.1) is 0 Å². The minimum Gasteiger partial charge on any atom is -0.463 e. The Balaban J connectivity index is 2.38. The van der Waals surface area contributed by atoms with Gasteiger partial charge in [-0.1, -0.05) is 129 Å². The number of aliphatic hydroxyl groups is 1. The first kappa shape index (κ1) is 39.3. The summed E-state index contributed by atoms with van der Waals surface area (Å²) in [6.07, 6.45) is 23.9. The monoisotopic (exact) mass is 600 g/mol. The van der Waals surface area contributed by atoms with Crippen molar-refractivity contribution in [2.75, 3.05) is 40.5 Å². The summed E-state index contributed by atoms with van der Waals surface area (Å²) in [7, 11) is 3.98. The van der Waals surface area contributed by atoms with Crippen molar-refractivity contribution >= 4 is 5.97 Å². The lowest BCUT2D eigenvalue weighted by Gasteiger charge is -2.24. The van der Waals surface area contributed by atoms with Crippen LogP contribution in [-0.2, 0) is 23.7 Å². The Hall–Kier alpha value is -0.730. The summed E-state index contributed by atoms with van der Waals surface area (Å²) in [5, 5.41) is 10.7. The van der Waals surface area contributed by atoms with Gasteiger partial charge in [-0.2, -0.15) is 0 Å². The van der Waals surface area contributed by atoms with Crippen LogP contribution in [0.4, 0.5) is 0 Å². The van der Waals surface area contributed by atoms with Crippen LogP contribution in [0, 0.1) is 0 Å². The lowest BCUT2D eigenvalue weighted by molar-refractivity contribution is -0.161. The Morgan fingerprint density at radius 2 is 1.07 bits per heavy atom. The van der Waals surface area contributed by atoms with Crippen molar-refractivity contribution in [2.24, 2.45) is 0 Å². The number of esters is 1. The zero-order chi connectivity index (χ0) is 30.7. The van der Waals surface area contributed by atoms with E-state index in [4.69, 9.17) is 18.9 Å². The maximum Gasteiger partial charge on any atom is 0.305 e. The number of hydrogen-bond acceptors (Lipinski definition) is 7. The van der Waals surface area contributed by atoms with Crippen LogP contribution in [0.1, 0.15) is 155 Å². The number of aliphatic hydroxyl groups excluding tert-OH is 1. The van der Waals surface area contributed by atoms with E-state index in [9.17, 15) is 9.90 Å². The molecule has 0 saturated carbocycles. The molecule has 0 aromatic heterocycles. The van der Waals surface area contributed by atoms with Crippen molar-refractivity contribution in [2.45, 2.75) is 180 Å². The van der Waals surface area contributed by atoms with E-state index in [0.29, 0.717) is 19.6 Å². The van der Waals surface area contributed by atoms with Crippen LogP contribution in [0.15, 0.2) is 0 Å². The highest BCUT2D eigenvalue weighted by Gasteiger charge is 2.46. The third-order valence-electron chi connectivity index (χ3n) is 8.30. The van der Waals surface area contributed by atoms with E-state index in [2.05, 4.69) is 18.7 Å². The van der Waals surface area contributed by atoms with Crippen LogP contribution in [0.25, 0.3) is 0 Å². The van der Waals surface area contributed by atoms with Crippen LogP contribution in [0.5, 0.6) is 0 Å². The van der Waals surface area contributed by atoms with Gasteiger partial charge < -0.3 is 29.0 Å². The van der Waals surface area contributed by atoms with Crippen LogP contribution in [0.3, 0.4) is 0 Å². The summed E-state index contributed by atoms with van der Waals surface area (Å²) in [6.45, 7) is 6.62. The molecular weight excluding hydrogens is 530 g/mol. The van der Waals surface area contributed by atoms with E-state index in [1.165, 1.54) is 103 Å². The molecule has 4 atom stereocenters. The Labute approximate surface area is 259 Å². The maximum absolute atomic E-state index is 12.3. The normalized spacial score (nSPS) is 20.5. The van der Waals surface area contributed by atoms with Crippen molar-refractivity contribution in [1.82, 2.24) is 4.90 Å². The van der Waals surface area contributed by atoms with Crippen molar-refractivity contribution < 1.29 is 28.8 Å². The van der Waals surface area contributed by atoms with Gasteiger partial charge >= 0.3 is 5.97 Å². The Bertz CT molecular complexity index is 604. The highest BCUT2D eigenvalue weighted by molar-refractivity contribution is 5.69. The van der Waals surface area contributed by atoms with E-state index in [-0.39, 0.29) is 12.6 Å². The fraction of sp³-hybridized carbons (Fsp3) is 0.971. The molecule has 0 aliphatic carbocycles. The minimum atomic E-state index is -1.07. The zero-order valence-electron chi connectivity index (χ0n) is 28.1. The second-order valence-corrected chi connectivity index (χ2v) is 12.7. The summed E-state index contributed by atoms with van der Waals surface area (Å²) in [4.78, 5) is 14.3. The molecule has 1 unspecified atom stereocenters. The molecule has 0 amide bonds. The van der Waals surface area contributed by atoms with Gasteiger partial charge in [-0.3, -0.25) is 4.79 Å². The smallest absolute Gasteiger partial charge is 0.305 e. The Morgan fingerprint density at radius 3 is 1.52 bits per heavy atom. The molecule has 0 radical (unpaired) electrons. The number of ether oxygens (including phenoxy) is 4. The van der Waals surface area contributed by atoms with Crippen molar-refractivity contribution in [1.29, 1.82) is 0 Å². The number of unbranched alkanes of at least 4 members (excludes halogenated alkanes) is 18. The summed E-state index contributed by atoms with van der Waals surface area (Å²) >= 11 is 0. The van der Waals surface area contributed by atoms with Crippen LogP contribution in [0.2, 0.25) is 0 Å². The summed E-state index contributed by atoms with van der Waals surface area (Å²) in [5.41, 5.74) is 0. The molecule has 1 heterocycles. The molecule has 250 valence electrons. The molecular formula is C35H69NO6. The quantitative estimate of drug-likeness (QED) is 0.0659. The lowest BCUT2D eigenvalue weighted by atomic mass is 10.1. The second kappa shape index (κ2) is 27.8. The molecule has 1 N–H and O–H groups in total. The highest BCUT2D eigenvalue weighted by Crippen LogP contribution is 2.27. The number of carbonyl (C=O) groups excluding carboxylic acids is 1. The van der Waals surface area contributed by atoms with E-state index >= 15 is 0 Å². The SMILES string of the molecule is CCCCCCCCCCCCOC1[C@@H](COC(=O)CCCN(C)C)O[C@@H](O)[C@H]1OCCCCCCCCCCCC. The number of carbonyl (C=O) groups is 1. The number of hydrogen-bond donors (Lipinski definition) is 1. The van der Waals surface area contributed by atoms with E-state index in [1.54, 1.807) is 0 Å². The fourth-order valence-corrected chi connectivity index (χ4v) is 5.63. The number of nitrogens with zero attached hydrogens (tertiary/aromatic N) is 1. The Kier molecular flexibility index (Phi) is 26.0. The predicted molar refractivity (Wildman–Crippen MR) is 173 cm³/mol. The third-order valence-corrected chi connectivity index (χ3v) is 8.30. The maximum atomic E-state index is 12.3. The van der Waals surface area contributed by atoms with E-state index in [0.717, 1.165) is 38.6 Å². The molecule has 1 aliphatic heterocycles. The molecule has 0 spiro atoms. The minimum absolute atomic E-state index is 0.0820. The first-order valence-electron chi connectivity index (χ1n) is 17.9. The average Bonchev–Trinajstić information content (AvgIpc) is 3.26. The fourth-order valence-electron chi connectivity index (χ4n) is 5.63. The summed E-state index contributed by atoms with van der Waals surface area (Å²) < 4.78 is 23.7. The molecule has 1 fully saturated rings. The van der Waals surface area contributed by atoms with Gasteiger partial charge in [-0.15, -0.1) is 0 Å². The van der Waals surface area contributed by atoms with Crippen LogP contribution in [-0.4, -0.2) is 81.0 Å². The van der Waals surface area contributed by atoms with Crippen molar-refractivity contribution in [3.63, 3.8) is 0 Å². The van der Waals surface area contributed by atoms with Crippen molar-refractivity contribution in [3.05, 3.63) is 0 Å². The largest absolute Gasteiger partial charge is 0.463 e. The van der Waals surface area contributed by atoms with E-state index in [1.807, 2.05) is 14.1 Å². The van der Waals surface area contributed by atoms with E-state index < -0.39 is 24.6 Å². The first-order chi connectivity index (χ1) is 20.5.